The van der Waals surface area contributed by atoms with Crippen LogP contribution in [0.4, 0.5) is 0 Å². The van der Waals surface area contributed by atoms with Crippen molar-refractivity contribution in [2.24, 2.45) is 5.92 Å². The zero-order chi connectivity index (χ0) is 16.2. The van der Waals surface area contributed by atoms with E-state index in [0.29, 0.717) is 11.5 Å². The quantitative estimate of drug-likeness (QED) is 0.843. The Labute approximate surface area is 137 Å². The molecule has 5 heteroatoms. The van der Waals surface area contributed by atoms with Crippen molar-refractivity contribution in [2.75, 3.05) is 26.2 Å². The van der Waals surface area contributed by atoms with Gasteiger partial charge in [-0.15, -0.1) is 0 Å². The summed E-state index contributed by atoms with van der Waals surface area (Å²) in [6.45, 7) is 7.66. The summed E-state index contributed by atoms with van der Waals surface area (Å²) in [4.78, 5) is 13.8. The Balaban J connectivity index is 1.47. The maximum atomic E-state index is 12.3. The molecule has 2 atom stereocenters. The Morgan fingerprint density at radius 2 is 2.00 bits per heavy atom. The van der Waals surface area contributed by atoms with Gasteiger partial charge in [0.1, 0.15) is 19.3 Å². The minimum atomic E-state index is -0.677. The van der Waals surface area contributed by atoms with Crippen LogP contribution < -0.4 is 14.4 Å². The van der Waals surface area contributed by atoms with E-state index < -0.39 is 6.10 Å². The van der Waals surface area contributed by atoms with Crippen molar-refractivity contribution in [1.82, 2.24) is 0 Å². The molecule has 1 saturated heterocycles. The van der Waals surface area contributed by atoms with Gasteiger partial charge in [0.15, 0.2) is 11.5 Å². The molecule has 0 saturated carbocycles. The van der Waals surface area contributed by atoms with E-state index in [4.69, 9.17) is 14.2 Å². The first kappa shape index (κ1) is 16.1. The highest BCUT2D eigenvalue weighted by Gasteiger charge is 2.31. The van der Waals surface area contributed by atoms with Crippen molar-refractivity contribution in [1.29, 1.82) is 0 Å². The molecule has 5 nitrogen and oxygen atoms in total. The molecule has 0 aliphatic carbocycles. The highest BCUT2D eigenvalue weighted by atomic mass is 16.6. The molecule has 1 aromatic carbocycles. The number of rotatable bonds is 4. The molecule has 0 spiro atoms. The lowest BCUT2D eigenvalue weighted by molar-refractivity contribution is -0.908. The Bertz CT molecular complexity index is 540. The summed E-state index contributed by atoms with van der Waals surface area (Å²) in [7, 11) is 0. The third kappa shape index (κ3) is 4.16. The van der Waals surface area contributed by atoms with Gasteiger partial charge in [-0.1, -0.05) is 19.1 Å². The van der Waals surface area contributed by atoms with Crippen molar-refractivity contribution in [3.05, 3.63) is 24.3 Å². The highest BCUT2D eigenvalue weighted by molar-refractivity contribution is 5.76. The van der Waals surface area contributed by atoms with Crippen LogP contribution >= 0.6 is 0 Å². The number of para-hydroxylation sites is 2. The lowest BCUT2D eigenvalue weighted by atomic mass is 9.99. The van der Waals surface area contributed by atoms with Gasteiger partial charge in [-0.3, -0.25) is 0 Å². The third-order valence-corrected chi connectivity index (χ3v) is 4.65. The molecule has 126 valence electrons. The van der Waals surface area contributed by atoms with E-state index in [1.807, 2.05) is 25.1 Å². The molecular formula is C18H26NO4+. The van der Waals surface area contributed by atoms with E-state index in [2.05, 4.69) is 6.92 Å². The van der Waals surface area contributed by atoms with Crippen LogP contribution in [0.1, 0.15) is 26.7 Å². The summed E-state index contributed by atoms with van der Waals surface area (Å²) in [5.41, 5.74) is 0. The average molecular weight is 320 g/mol. The first-order valence-electron chi connectivity index (χ1n) is 8.54. The summed E-state index contributed by atoms with van der Waals surface area (Å²) < 4.78 is 16.8. The zero-order valence-electron chi connectivity index (χ0n) is 13.9. The van der Waals surface area contributed by atoms with Gasteiger partial charge in [0, 0.05) is 0 Å². The Hall–Kier alpha value is -1.75. The number of quaternary nitrogens is 1. The third-order valence-electron chi connectivity index (χ3n) is 4.65. The molecule has 1 N–H and O–H groups in total. The normalized spacial score (nSPS) is 28.0. The van der Waals surface area contributed by atoms with E-state index in [1.54, 1.807) is 6.07 Å². The molecule has 2 aliphatic rings. The smallest absolute Gasteiger partial charge is 0.351 e. The molecular weight excluding hydrogens is 294 g/mol. The number of piperidine rings is 1. The zero-order valence-corrected chi connectivity index (χ0v) is 13.9. The molecule has 0 radical (unpaired) electrons. The number of hydrogen-bond acceptors (Lipinski definition) is 4. The lowest BCUT2D eigenvalue weighted by Gasteiger charge is -2.30. The van der Waals surface area contributed by atoms with E-state index in [1.165, 1.54) is 30.8 Å². The molecule has 0 aromatic heterocycles. The van der Waals surface area contributed by atoms with E-state index in [0.717, 1.165) is 12.5 Å². The molecule has 1 aromatic rings. The van der Waals surface area contributed by atoms with Crippen LogP contribution in [0.2, 0.25) is 0 Å². The summed E-state index contributed by atoms with van der Waals surface area (Å²) >= 11 is 0. The second-order valence-corrected chi connectivity index (χ2v) is 6.75. The van der Waals surface area contributed by atoms with Gasteiger partial charge < -0.3 is 19.1 Å². The molecule has 2 aliphatic heterocycles. The van der Waals surface area contributed by atoms with E-state index in [9.17, 15) is 4.79 Å². The number of hydrogen-bond donors (Lipinski definition) is 1. The number of esters is 1. The van der Waals surface area contributed by atoms with Gasteiger partial charge in [-0.05, 0) is 37.8 Å². The van der Waals surface area contributed by atoms with Gasteiger partial charge in [0.05, 0.1) is 13.1 Å². The fourth-order valence-corrected chi connectivity index (χ4v) is 3.23. The van der Waals surface area contributed by atoms with Crippen molar-refractivity contribution < 1.29 is 23.9 Å². The molecule has 0 bridgehead atoms. The number of carbonyl (C=O) groups excluding carboxylic acids is 1. The van der Waals surface area contributed by atoms with Gasteiger partial charge in [-0.2, -0.15) is 0 Å². The van der Waals surface area contributed by atoms with Crippen LogP contribution in [0.5, 0.6) is 11.5 Å². The number of likely N-dealkylation sites (tertiary alicyclic amines) is 1. The van der Waals surface area contributed by atoms with Crippen LogP contribution in [-0.4, -0.2) is 44.4 Å². The summed E-state index contributed by atoms with van der Waals surface area (Å²) in [5, 5.41) is 0. The minimum absolute atomic E-state index is 0.105. The molecule has 1 fully saturated rings. The van der Waals surface area contributed by atoms with Crippen LogP contribution in [0, 0.1) is 5.92 Å². The van der Waals surface area contributed by atoms with E-state index in [-0.39, 0.29) is 18.7 Å². The maximum Gasteiger partial charge on any atom is 0.351 e. The Morgan fingerprint density at radius 1 is 1.30 bits per heavy atom. The van der Waals surface area contributed by atoms with Gasteiger partial charge in [-0.25, -0.2) is 4.79 Å². The lowest BCUT2D eigenvalue weighted by Crippen LogP contribution is -3.14. The largest absolute Gasteiger partial charge is 0.485 e. The molecule has 3 rings (SSSR count). The number of benzene rings is 1. The van der Waals surface area contributed by atoms with Crippen LogP contribution in [-0.2, 0) is 9.53 Å². The number of nitrogens with one attached hydrogen (secondary N) is 1. The summed E-state index contributed by atoms with van der Waals surface area (Å²) in [5.74, 6) is 1.77. The molecule has 0 amide bonds. The average Bonchev–Trinajstić information content (AvgIpc) is 2.56. The molecule has 0 unspecified atom stereocenters. The fourth-order valence-electron chi connectivity index (χ4n) is 3.23. The standard InChI is InChI=1S/C18H25NO4/c1-13-7-9-19(10-8-13)11-14(2)22-18(20)17-12-21-15-5-3-4-6-16(15)23-17/h3-6,13-14,17H,7-12H2,1-2H3/p+1/t14-,17-/m1/s1. The maximum absolute atomic E-state index is 12.3. The number of fused-ring (bicyclic) bond motifs is 1. The minimum Gasteiger partial charge on any atom is -0.485 e. The van der Waals surface area contributed by atoms with Crippen LogP contribution in [0.25, 0.3) is 0 Å². The first-order valence-corrected chi connectivity index (χ1v) is 8.54. The van der Waals surface area contributed by atoms with Crippen molar-refractivity contribution in [2.45, 2.75) is 38.9 Å². The van der Waals surface area contributed by atoms with Crippen molar-refractivity contribution >= 4 is 5.97 Å². The highest BCUT2D eigenvalue weighted by Crippen LogP contribution is 2.31. The topological polar surface area (TPSA) is 49.2 Å². The van der Waals surface area contributed by atoms with Gasteiger partial charge >= 0.3 is 5.97 Å². The Kier molecular flexibility index (Phi) is 5.06. The summed E-state index contributed by atoms with van der Waals surface area (Å²) in [6, 6.07) is 7.38. The number of ether oxygens (including phenoxy) is 3. The van der Waals surface area contributed by atoms with Crippen molar-refractivity contribution in [3.8, 4) is 11.5 Å². The predicted molar refractivity (Wildman–Crippen MR) is 85.9 cm³/mol. The van der Waals surface area contributed by atoms with Crippen LogP contribution in [0.3, 0.4) is 0 Å². The van der Waals surface area contributed by atoms with Gasteiger partial charge in [0.2, 0.25) is 6.10 Å². The Morgan fingerprint density at radius 3 is 2.74 bits per heavy atom. The monoisotopic (exact) mass is 320 g/mol. The first-order chi connectivity index (χ1) is 11.1. The van der Waals surface area contributed by atoms with E-state index >= 15 is 0 Å². The SMILES string of the molecule is CC1CC[NH+](C[C@@H](C)OC(=O)[C@H]2COc3ccccc3O2)CC1. The summed E-state index contributed by atoms with van der Waals surface area (Å²) in [6.07, 6.45) is 1.73. The fraction of sp³-hybridized carbons (Fsp3) is 0.611. The second-order valence-electron chi connectivity index (χ2n) is 6.75. The molecule has 23 heavy (non-hydrogen) atoms. The second kappa shape index (κ2) is 7.21. The van der Waals surface area contributed by atoms with Crippen molar-refractivity contribution in [3.63, 3.8) is 0 Å². The predicted octanol–water partition coefficient (Wildman–Crippen LogP) is 1.07. The number of carbonyl (C=O) groups is 1. The molecule has 2 heterocycles. The van der Waals surface area contributed by atoms with Crippen LogP contribution in [0.15, 0.2) is 24.3 Å². The van der Waals surface area contributed by atoms with Gasteiger partial charge in [0.25, 0.3) is 0 Å².